The van der Waals surface area contributed by atoms with Crippen LogP contribution in [0.5, 0.6) is 0 Å². The van der Waals surface area contributed by atoms with Crippen LogP contribution in [0.15, 0.2) is 12.1 Å². The lowest BCUT2D eigenvalue weighted by atomic mass is 9.87. The average Bonchev–Trinajstić information content (AvgIpc) is 2.39. The van der Waals surface area contributed by atoms with E-state index in [4.69, 9.17) is 0 Å². The Kier molecular flexibility index (Phi) is 6.83. The van der Waals surface area contributed by atoms with E-state index in [2.05, 4.69) is 26.1 Å². The third-order valence-electron chi connectivity index (χ3n) is 3.45. The van der Waals surface area contributed by atoms with Crippen LogP contribution in [0.3, 0.4) is 0 Å². The second kappa shape index (κ2) is 7.91. The average molecular weight is 408 g/mol. The minimum absolute atomic E-state index is 0.0164. The van der Waals surface area contributed by atoms with E-state index in [1.54, 1.807) is 22.6 Å². The van der Waals surface area contributed by atoms with Gasteiger partial charge in [-0.05, 0) is 34.4 Å². The highest BCUT2D eigenvalue weighted by Gasteiger charge is 2.21. The van der Waals surface area contributed by atoms with Crippen molar-refractivity contribution >= 4 is 34.0 Å². The molecule has 0 amide bonds. The first-order valence-corrected chi connectivity index (χ1v) is 8.22. The number of halogens is 2. The third-order valence-corrected chi connectivity index (χ3v) is 4.28. The summed E-state index contributed by atoms with van der Waals surface area (Å²) >= 11 is 1.76. The Morgan fingerprint density at radius 2 is 2.05 bits per heavy atom. The molecule has 0 aliphatic heterocycles. The molecule has 6 heteroatoms. The van der Waals surface area contributed by atoms with Crippen molar-refractivity contribution in [3.05, 3.63) is 31.6 Å². The van der Waals surface area contributed by atoms with Gasteiger partial charge in [0, 0.05) is 18.7 Å². The van der Waals surface area contributed by atoms with Crippen LogP contribution in [-0.2, 0) is 0 Å². The zero-order valence-corrected chi connectivity index (χ0v) is 14.9. The Bertz CT molecular complexity index is 507. The van der Waals surface area contributed by atoms with Crippen LogP contribution in [0.1, 0.15) is 46.5 Å². The predicted octanol–water partition coefficient (Wildman–Crippen LogP) is 5.36. The van der Waals surface area contributed by atoms with Gasteiger partial charge in [0.1, 0.15) is 11.5 Å². The fraction of sp³-hybridized carbons (Fsp3) is 0.600. The quantitative estimate of drug-likeness (QED) is 0.273. The predicted molar refractivity (Wildman–Crippen MR) is 92.2 cm³/mol. The van der Waals surface area contributed by atoms with Crippen LogP contribution >= 0.6 is 22.6 Å². The lowest BCUT2D eigenvalue weighted by molar-refractivity contribution is -0.384. The molecule has 0 bridgehead atoms. The molecule has 21 heavy (non-hydrogen) atoms. The van der Waals surface area contributed by atoms with Gasteiger partial charge in [-0.25, -0.2) is 4.39 Å². The Balaban J connectivity index is 2.78. The van der Waals surface area contributed by atoms with Crippen molar-refractivity contribution in [2.75, 3.05) is 11.9 Å². The lowest BCUT2D eigenvalue weighted by Gasteiger charge is -2.25. The summed E-state index contributed by atoms with van der Waals surface area (Å²) in [5.74, 6) is -0.438. The van der Waals surface area contributed by atoms with Gasteiger partial charge in [0.25, 0.3) is 5.69 Å². The molecule has 0 aliphatic rings. The Morgan fingerprint density at radius 3 is 2.62 bits per heavy atom. The number of unbranched alkanes of at least 4 members (excludes halogenated alkanes) is 2. The van der Waals surface area contributed by atoms with Crippen molar-refractivity contribution in [1.29, 1.82) is 0 Å². The zero-order chi connectivity index (χ0) is 16.0. The number of hydrogen-bond donors (Lipinski definition) is 1. The van der Waals surface area contributed by atoms with E-state index in [0.717, 1.165) is 19.3 Å². The number of nitro groups is 1. The van der Waals surface area contributed by atoms with Crippen molar-refractivity contribution in [1.82, 2.24) is 0 Å². The SMILES string of the molecule is CCCCCC(C)(C)CNc1cc(F)c(I)cc1[N+](=O)[O-]. The smallest absolute Gasteiger partial charge is 0.293 e. The van der Waals surface area contributed by atoms with Crippen LogP contribution < -0.4 is 5.32 Å². The first-order chi connectivity index (χ1) is 9.76. The van der Waals surface area contributed by atoms with Crippen molar-refractivity contribution in [2.45, 2.75) is 46.5 Å². The second-order valence-electron chi connectivity index (χ2n) is 6.02. The minimum Gasteiger partial charge on any atom is -0.379 e. The van der Waals surface area contributed by atoms with Gasteiger partial charge < -0.3 is 5.32 Å². The molecule has 0 saturated heterocycles. The van der Waals surface area contributed by atoms with Gasteiger partial charge in [-0.3, -0.25) is 10.1 Å². The first-order valence-electron chi connectivity index (χ1n) is 7.14. The Labute approximate surface area is 138 Å². The monoisotopic (exact) mass is 408 g/mol. The van der Waals surface area contributed by atoms with Gasteiger partial charge in [-0.1, -0.05) is 40.0 Å². The Morgan fingerprint density at radius 1 is 1.38 bits per heavy atom. The van der Waals surface area contributed by atoms with Gasteiger partial charge in [0.2, 0.25) is 0 Å². The van der Waals surface area contributed by atoms with Crippen LogP contribution in [-0.4, -0.2) is 11.5 Å². The standard InChI is InChI=1S/C15H22FIN2O2/c1-4-5-6-7-15(2,3)10-18-13-8-11(16)12(17)9-14(13)19(20)21/h8-9,18H,4-7,10H2,1-3H3. The second-order valence-corrected chi connectivity index (χ2v) is 7.18. The van der Waals surface area contributed by atoms with Crippen LogP contribution in [0, 0.1) is 24.9 Å². The Hall–Kier alpha value is -0.920. The maximum absolute atomic E-state index is 13.6. The van der Waals surface area contributed by atoms with Crippen LogP contribution in [0.2, 0.25) is 0 Å². The highest BCUT2D eigenvalue weighted by Crippen LogP contribution is 2.31. The molecule has 0 heterocycles. The van der Waals surface area contributed by atoms with Gasteiger partial charge in [0.15, 0.2) is 0 Å². The van der Waals surface area contributed by atoms with E-state index in [9.17, 15) is 14.5 Å². The molecule has 0 saturated carbocycles. The maximum atomic E-state index is 13.6. The highest BCUT2D eigenvalue weighted by atomic mass is 127. The summed E-state index contributed by atoms with van der Waals surface area (Å²) in [6.07, 6.45) is 4.52. The number of nitro benzene ring substituents is 1. The fourth-order valence-electron chi connectivity index (χ4n) is 2.11. The number of anilines is 1. The summed E-state index contributed by atoms with van der Waals surface area (Å²) in [5, 5.41) is 14.1. The number of benzene rings is 1. The molecule has 1 rings (SSSR count). The maximum Gasteiger partial charge on any atom is 0.293 e. The van der Waals surface area contributed by atoms with Gasteiger partial charge in [-0.2, -0.15) is 0 Å². The first kappa shape index (κ1) is 18.1. The summed E-state index contributed by atoms with van der Waals surface area (Å²) < 4.78 is 13.9. The number of nitrogens with zero attached hydrogens (tertiary/aromatic N) is 1. The largest absolute Gasteiger partial charge is 0.379 e. The van der Waals surface area contributed by atoms with Crippen molar-refractivity contribution in [2.24, 2.45) is 5.41 Å². The van der Waals surface area contributed by atoms with E-state index >= 15 is 0 Å². The molecule has 1 aromatic carbocycles. The van der Waals surface area contributed by atoms with E-state index in [1.807, 2.05) is 0 Å². The topological polar surface area (TPSA) is 55.2 Å². The highest BCUT2D eigenvalue weighted by molar-refractivity contribution is 14.1. The van der Waals surface area contributed by atoms with E-state index < -0.39 is 10.7 Å². The van der Waals surface area contributed by atoms with Crippen molar-refractivity contribution in [3.8, 4) is 0 Å². The molecule has 0 spiro atoms. The van der Waals surface area contributed by atoms with Crippen LogP contribution in [0.25, 0.3) is 0 Å². The molecular weight excluding hydrogens is 386 g/mol. The molecule has 1 aromatic rings. The van der Waals surface area contributed by atoms with Gasteiger partial charge in [-0.15, -0.1) is 0 Å². The molecule has 0 fully saturated rings. The minimum atomic E-state index is -0.478. The number of nitrogens with one attached hydrogen (secondary N) is 1. The molecule has 0 aromatic heterocycles. The summed E-state index contributed by atoms with van der Waals surface area (Å²) in [5.41, 5.74) is 0.189. The van der Waals surface area contributed by atoms with E-state index in [0.29, 0.717) is 6.54 Å². The molecular formula is C15H22FIN2O2. The summed E-state index contributed by atoms with van der Waals surface area (Å²) in [7, 11) is 0. The van der Waals surface area contributed by atoms with Crippen LogP contribution in [0.4, 0.5) is 15.8 Å². The zero-order valence-electron chi connectivity index (χ0n) is 12.7. The molecule has 118 valence electrons. The molecule has 0 unspecified atom stereocenters. The van der Waals surface area contributed by atoms with Crippen molar-refractivity contribution in [3.63, 3.8) is 0 Å². The van der Waals surface area contributed by atoms with E-state index in [-0.39, 0.29) is 20.4 Å². The third kappa shape index (κ3) is 5.76. The van der Waals surface area contributed by atoms with Gasteiger partial charge in [0.05, 0.1) is 8.49 Å². The van der Waals surface area contributed by atoms with Crippen molar-refractivity contribution < 1.29 is 9.31 Å². The normalized spacial score (nSPS) is 11.5. The van der Waals surface area contributed by atoms with Gasteiger partial charge >= 0.3 is 0 Å². The molecule has 0 aliphatic carbocycles. The number of hydrogen-bond acceptors (Lipinski definition) is 3. The summed E-state index contributed by atoms with van der Waals surface area (Å²) in [6, 6.07) is 2.48. The molecule has 1 N–H and O–H groups in total. The lowest BCUT2D eigenvalue weighted by Crippen LogP contribution is -2.23. The summed E-state index contributed by atoms with van der Waals surface area (Å²) in [4.78, 5) is 10.6. The summed E-state index contributed by atoms with van der Waals surface area (Å²) in [6.45, 7) is 6.97. The van der Waals surface area contributed by atoms with E-state index in [1.165, 1.54) is 18.6 Å². The molecule has 4 nitrogen and oxygen atoms in total. The molecule has 0 atom stereocenters. The number of rotatable bonds is 8. The fourth-order valence-corrected chi connectivity index (χ4v) is 2.56. The molecule has 0 radical (unpaired) electrons.